The second-order valence-corrected chi connectivity index (χ2v) is 9.28. The Morgan fingerprint density at radius 3 is 2.37 bits per heavy atom. The first-order valence-corrected chi connectivity index (χ1v) is 13.1. The van der Waals surface area contributed by atoms with Gasteiger partial charge in [0.25, 0.3) is 0 Å². The van der Waals surface area contributed by atoms with Crippen molar-refractivity contribution in [2.45, 2.75) is 19.8 Å². The molecule has 2 N–H and O–H groups in total. The SMILES string of the molecule is CCN1CCN(c2ccc(Nc3ncc(CCc4cc(OC)cc(C(=O)COCCO)c4)cn3)cc2)CC1. The lowest BCUT2D eigenvalue weighted by Crippen LogP contribution is -2.46. The van der Waals surface area contributed by atoms with Gasteiger partial charge in [0.05, 0.1) is 20.3 Å². The predicted molar refractivity (Wildman–Crippen MR) is 149 cm³/mol. The van der Waals surface area contributed by atoms with E-state index in [-0.39, 0.29) is 25.6 Å². The number of aryl methyl sites for hydroxylation is 2. The number of aliphatic hydroxyl groups is 1. The second kappa shape index (κ2) is 13.9. The van der Waals surface area contributed by atoms with E-state index in [4.69, 9.17) is 14.6 Å². The Hall–Kier alpha value is -3.53. The average Bonchev–Trinajstić information content (AvgIpc) is 2.97. The van der Waals surface area contributed by atoms with Crippen LogP contribution in [0.1, 0.15) is 28.4 Å². The van der Waals surface area contributed by atoms with Crippen LogP contribution in [0.2, 0.25) is 0 Å². The molecule has 2 aromatic carbocycles. The molecule has 2 heterocycles. The van der Waals surface area contributed by atoms with Gasteiger partial charge in [-0.2, -0.15) is 0 Å². The number of aliphatic hydroxyl groups excluding tert-OH is 1. The maximum atomic E-state index is 12.4. The topological polar surface area (TPSA) is 100 Å². The van der Waals surface area contributed by atoms with Gasteiger partial charge in [0.15, 0.2) is 5.78 Å². The van der Waals surface area contributed by atoms with Crippen LogP contribution in [0.4, 0.5) is 17.3 Å². The van der Waals surface area contributed by atoms with Crippen LogP contribution in [0.3, 0.4) is 0 Å². The van der Waals surface area contributed by atoms with Crippen molar-refractivity contribution >= 4 is 23.1 Å². The molecule has 3 aromatic rings. The highest BCUT2D eigenvalue weighted by Gasteiger charge is 2.16. The first-order valence-electron chi connectivity index (χ1n) is 13.1. The number of anilines is 3. The number of aromatic nitrogens is 2. The number of rotatable bonds is 13. The Labute approximate surface area is 224 Å². The van der Waals surface area contributed by atoms with Crippen LogP contribution in [0.25, 0.3) is 0 Å². The van der Waals surface area contributed by atoms with Gasteiger partial charge in [-0.3, -0.25) is 4.79 Å². The number of hydrogen-bond acceptors (Lipinski definition) is 9. The highest BCUT2D eigenvalue weighted by atomic mass is 16.5. The number of likely N-dealkylation sites (N-methyl/N-ethyl adjacent to an activating group) is 1. The van der Waals surface area contributed by atoms with Crippen molar-refractivity contribution in [1.29, 1.82) is 0 Å². The van der Waals surface area contributed by atoms with E-state index in [9.17, 15) is 4.79 Å². The van der Waals surface area contributed by atoms with Gasteiger partial charge in [0.2, 0.25) is 5.95 Å². The van der Waals surface area contributed by atoms with Crippen molar-refractivity contribution in [3.05, 3.63) is 71.5 Å². The monoisotopic (exact) mass is 519 g/mol. The second-order valence-electron chi connectivity index (χ2n) is 9.28. The number of nitrogens with zero attached hydrogens (tertiary/aromatic N) is 4. The Morgan fingerprint density at radius 1 is 1.00 bits per heavy atom. The zero-order valence-corrected chi connectivity index (χ0v) is 22.2. The lowest BCUT2D eigenvalue weighted by molar-refractivity contribution is 0.0663. The van der Waals surface area contributed by atoms with Gasteiger partial charge in [0.1, 0.15) is 12.4 Å². The molecule has 38 heavy (non-hydrogen) atoms. The van der Waals surface area contributed by atoms with Crippen molar-refractivity contribution < 1.29 is 19.4 Å². The molecule has 1 fully saturated rings. The Balaban J connectivity index is 1.30. The van der Waals surface area contributed by atoms with Gasteiger partial charge in [-0.15, -0.1) is 0 Å². The molecular formula is C29H37N5O4. The number of carbonyl (C=O) groups is 1. The molecule has 202 valence electrons. The van der Waals surface area contributed by atoms with Crippen LogP contribution < -0.4 is 15.0 Å². The van der Waals surface area contributed by atoms with Gasteiger partial charge in [0, 0.05) is 55.5 Å². The number of carbonyl (C=O) groups excluding carboxylic acids is 1. The number of piperazine rings is 1. The fourth-order valence-electron chi connectivity index (χ4n) is 4.44. The molecule has 1 aliphatic rings. The van der Waals surface area contributed by atoms with Crippen LogP contribution in [-0.4, -0.2) is 85.4 Å². The largest absolute Gasteiger partial charge is 0.497 e. The Kier molecular flexibility index (Phi) is 10.0. The molecule has 9 nitrogen and oxygen atoms in total. The molecule has 0 atom stereocenters. The summed E-state index contributed by atoms with van der Waals surface area (Å²) in [6.45, 7) is 7.59. The molecule has 1 aromatic heterocycles. The molecular weight excluding hydrogens is 482 g/mol. The van der Waals surface area contributed by atoms with Gasteiger partial charge in [-0.25, -0.2) is 9.97 Å². The van der Waals surface area contributed by atoms with Crippen LogP contribution in [0, 0.1) is 0 Å². The number of hydrogen-bond donors (Lipinski definition) is 2. The number of methoxy groups -OCH3 is 1. The van der Waals surface area contributed by atoms with Gasteiger partial charge in [-0.05, 0) is 73.0 Å². The summed E-state index contributed by atoms with van der Waals surface area (Å²) in [5.74, 6) is 1.03. The maximum Gasteiger partial charge on any atom is 0.227 e. The summed E-state index contributed by atoms with van der Waals surface area (Å²) in [4.78, 5) is 26.3. The van der Waals surface area contributed by atoms with Gasteiger partial charge >= 0.3 is 0 Å². The first-order chi connectivity index (χ1) is 18.6. The first kappa shape index (κ1) is 27.5. The summed E-state index contributed by atoms with van der Waals surface area (Å²) in [6, 6.07) is 13.9. The van der Waals surface area contributed by atoms with Crippen molar-refractivity contribution in [2.24, 2.45) is 0 Å². The van der Waals surface area contributed by atoms with Crippen molar-refractivity contribution in [1.82, 2.24) is 14.9 Å². The molecule has 0 amide bonds. The fraction of sp³-hybridized carbons (Fsp3) is 0.414. The lowest BCUT2D eigenvalue weighted by atomic mass is 10.0. The molecule has 1 saturated heterocycles. The number of ether oxygens (including phenoxy) is 2. The zero-order chi connectivity index (χ0) is 26.7. The highest BCUT2D eigenvalue weighted by Crippen LogP contribution is 2.22. The molecule has 1 aliphatic heterocycles. The molecule has 0 unspecified atom stereocenters. The van der Waals surface area contributed by atoms with E-state index in [1.165, 1.54) is 5.69 Å². The van der Waals surface area contributed by atoms with E-state index < -0.39 is 0 Å². The summed E-state index contributed by atoms with van der Waals surface area (Å²) in [5.41, 5.74) is 4.70. The minimum Gasteiger partial charge on any atom is -0.497 e. The zero-order valence-electron chi connectivity index (χ0n) is 22.2. The van der Waals surface area contributed by atoms with E-state index in [0.29, 0.717) is 23.7 Å². The van der Waals surface area contributed by atoms with Crippen molar-refractivity contribution in [3.8, 4) is 5.75 Å². The number of Topliss-reactive ketones (excluding diaryl/α,β-unsaturated/α-hetero) is 1. The molecule has 0 saturated carbocycles. The third-order valence-electron chi connectivity index (χ3n) is 6.71. The highest BCUT2D eigenvalue weighted by molar-refractivity contribution is 5.97. The number of ketones is 1. The summed E-state index contributed by atoms with van der Waals surface area (Å²) in [5, 5.41) is 12.1. The van der Waals surface area contributed by atoms with E-state index in [2.05, 4.69) is 56.3 Å². The Bertz CT molecular complexity index is 1160. The lowest BCUT2D eigenvalue weighted by Gasteiger charge is -2.35. The van der Waals surface area contributed by atoms with Crippen LogP contribution >= 0.6 is 0 Å². The molecule has 4 rings (SSSR count). The van der Waals surface area contributed by atoms with Crippen LogP contribution in [-0.2, 0) is 17.6 Å². The van der Waals surface area contributed by atoms with Gasteiger partial charge in [-0.1, -0.05) is 6.92 Å². The van der Waals surface area contributed by atoms with Crippen LogP contribution in [0.15, 0.2) is 54.9 Å². The average molecular weight is 520 g/mol. The molecule has 0 aliphatic carbocycles. The Morgan fingerprint density at radius 2 is 1.71 bits per heavy atom. The summed E-state index contributed by atoms with van der Waals surface area (Å²) >= 11 is 0. The third kappa shape index (κ3) is 7.74. The number of nitrogens with one attached hydrogen (secondary N) is 1. The minimum absolute atomic E-state index is 0.0752. The van der Waals surface area contributed by atoms with Crippen LogP contribution in [0.5, 0.6) is 5.75 Å². The summed E-state index contributed by atoms with van der Waals surface area (Å²) in [7, 11) is 1.58. The summed E-state index contributed by atoms with van der Waals surface area (Å²) < 4.78 is 10.5. The standard InChI is InChI=1S/C29H37N5O4/c1-3-33-10-12-34(13-11-33)26-8-6-25(7-9-26)32-29-30-19-23(20-31-29)5-4-22-16-24(18-27(17-22)37-2)28(36)21-38-15-14-35/h6-9,16-20,35H,3-5,10-15,21H2,1-2H3,(H,30,31,32). The molecule has 0 bridgehead atoms. The predicted octanol–water partition coefficient (Wildman–Crippen LogP) is 3.35. The van der Waals surface area contributed by atoms with E-state index >= 15 is 0 Å². The third-order valence-corrected chi connectivity index (χ3v) is 6.71. The number of benzene rings is 2. The molecule has 9 heteroatoms. The minimum atomic E-state index is -0.149. The normalized spacial score (nSPS) is 13.9. The van der Waals surface area contributed by atoms with E-state index in [1.807, 2.05) is 24.5 Å². The smallest absolute Gasteiger partial charge is 0.227 e. The fourth-order valence-corrected chi connectivity index (χ4v) is 4.44. The van der Waals surface area contributed by atoms with E-state index in [0.717, 1.165) is 56.0 Å². The van der Waals surface area contributed by atoms with E-state index in [1.54, 1.807) is 13.2 Å². The van der Waals surface area contributed by atoms with Gasteiger partial charge < -0.3 is 29.7 Å². The molecule has 0 spiro atoms. The van der Waals surface area contributed by atoms with Crippen molar-refractivity contribution in [2.75, 3.05) is 69.9 Å². The van der Waals surface area contributed by atoms with Crippen molar-refractivity contribution in [3.63, 3.8) is 0 Å². The molecule has 0 radical (unpaired) electrons. The maximum absolute atomic E-state index is 12.4. The summed E-state index contributed by atoms with van der Waals surface area (Å²) in [6.07, 6.45) is 5.08. The quantitative estimate of drug-likeness (QED) is 0.260.